The molecule has 0 heterocycles. The van der Waals surface area contributed by atoms with Gasteiger partial charge in [-0.2, -0.15) is 0 Å². The van der Waals surface area contributed by atoms with E-state index < -0.39 is 0 Å². The van der Waals surface area contributed by atoms with Crippen molar-refractivity contribution in [2.45, 2.75) is 18.4 Å². The highest BCUT2D eigenvalue weighted by Crippen LogP contribution is 2.32. The lowest BCUT2D eigenvalue weighted by atomic mass is 10.00. The molecule has 1 aliphatic carbocycles. The van der Waals surface area contributed by atoms with Crippen LogP contribution in [0.5, 0.6) is 11.5 Å². The van der Waals surface area contributed by atoms with Crippen LogP contribution < -0.4 is 14.8 Å². The molecule has 1 N–H and O–H groups in total. The maximum atomic E-state index is 12.1. The van der Waals surface area contributed by atoms with Gasteiger partial charge in [-0.3, -0.25) is 4.79 Å². The molecule has 0 unspecified atom stereocenters. The summed E-state index contributed by atoms with van der Waals surface area (Å²) in [5, 5.41) is 2.93. The highest BCUT2D eigenvalue weighted by molar-refractivity contribution is 5.77. The SMILES string of the molecule is COc1ccc(OCC(=O)NCC2(OC)Cc3ccccc3C2)cc1. The number of nitrogens with one attached hydrogen (secondary N) is 1. The van der Waals surface area contributed by atoms with Gasteiger partial charge in [0.2, 0.25) is 0 Å². The molecule has 0 saturated carbocycles. The summed E-state index contributed by atoms with van der Waals surface area (Å²) in [4.78, 5) is 12.1. The van der Waals surface area contributed by atoms with Crippen molar-refractivity contribution in [1.29, 1.82) is 0 Å². The number of methoxy groups -OCH3 is 2. The first kappa shape index (κ1) is 17.3. The fraction of sp³-hybridized carbons (Fsp3) is 0.350. The average molecular weight is 341 g/mol. The molecule has 2 aromatic rings. The summed E-state index contributed by atoms with van der Waals surface area (Å²) in [5.74, 6) is 1.22. The van der Waals surface area contributed by atoms with Crippen LogP contribution in [0.4, 0.5) is 0 Å². The van der Waals surface area contributed by atoms with Crippen LogP contribution >= 0.6 is 0 Å². The molecule has 132 valence electrons. The molecule has 0 atom stereocenters. The second kappa shape index (κ2) is 7.57. The molecule has 0 radical (unpaired) electrons. The quantitative estimate of drug-likeness (QED) is 0.840. The number of carbonyl (C=O) groups excluding carboxylic acids is 1. The minimum Gasteiger partial charge on any atom is -0.497 e. The molecule has 5 heteroatoms. The molecule has 0 aliphatic heterocycles. The van der Waals surface area contributed by atoms with Gasteiger partial charge in [0.25, 0.3) is 5.91 Å². The van der Waals surface area contributed by atoms with Gasteiger partial charge in [-0.25, -0.2) is 0 Å². The number of ether oxygens (including phenoxy) is 3. The van der Waals surface area contributed by atoms with Crippen molar-refractivity contribution in [3.05, 3.63) is 59.7 Å². The second-order valence-electron chi connectivity index (χ2n) is 6.25. The van der Waals surface area contributed by atoms with E-state index in [4.69, 9.17) is 14.2 Å². The summed E-state index contributed by atoms with van der Waals surface area (Å²) in [6.45, 7) is 0.433. The molecule has 0 aromatic heterocycles. The van der Waals surface area contributed by atoms with Crippen LogP contribution in [-0.2, 0) is 22.4 Å². The summed E-state index contributed by atoms with van der Waals surface area (Å²) in [5.41, 5.74) is 2.19. The first-order chi connectivity index (χ1) is 12.1. The number of hydrogen-bond donors (Lipinski definition) is 1. The van der Waals surface area contributed by atoms with E-state index in [2.05, 4.69) is 17.4 Å². The Morgan fingerprint density at radius 1 is 1.00 bits per heavy atom. The Hall–Kier alpha value is -2.53. The van der Waals surface area contributed by atoms with Gasteiger partial charge in [0.1, 0.15) is 11.5 Å². The van der Waals surface area contributed by atoms with Crippen LogP contribution in [0.2, 0.25) is 0 Å². The van der Waals surface area contributed by atoms with Gasteiger partial charge in [0.15, 0.2) is 6.61 Å². The van der Waals surface area contributed by atoms with Gasteiger partial charge >= 0.3 is 0 Å². The summed E-state index contributed by atoms with van der Waals surface area (Å²) < 4.78 is 16.3. The molecule has 1 amide bonds. The second-order valence-corrected chi connectivity index (χ2v) is 6.25. The minimum atomic E-state index is -0.376. The maximum Gasteiger partial charge on any atom is 0.258 e. The van der Waals surface area contributed by atoms with Crippen LogP contribution in [0.15, 0.2) is 48.5 Å². The third-order valence-electron chi connectivity index (χ3n) is 4.61. The number of rotatable bonds is 7. The molecular formula is C20H23NO4. The molecule has 5 nitrogen and oxygen atoms in total. The lowest BCUT2D eigenvalue weighted by Gasteiger charge is -2.27. The smallest absolute Gasteiger partial charge is 0.258 e. The molecular weight excluding hydrogens is 318 g/mol. The van der Waals surface area contributed by atoms with Crippen molar-refractivity contribution in [3.63, 3.8) is 0 Å². The summed E-state index contributed by atoms with van der Waals surface area (Å²) in [7, 11) is 3.31. The lowest BCUT2D eigenvalue weighted by molar-refractivity contribution is -0.124. The van der Waals surface area contributed by atoms with E-state index in [0.717, 1.165) is 18.6 Å². The Balaban J connectivity index is 1.49. The minimum absolute atomic E-state index is 0.0287. The molecule has 25 heavy (non-hydrogen) atoms. The van der Waals surface area contributed by atoms with E-state index >= 15 is 0 Å². The normalized spacial score (nSPS) is 14.6. The van der Waals surface area contributed by atoms with E-state index in [1.807, 2.05) is 12.1 Å². The van der Waals surface area contributed by atoms with E-state index in [-0.39, 0.29) is 18.1 Å². The van der Waals surface area contributed by atoms with Crippen molar-refractivity contribution < 1.29 is 19.0 Å². The maximum absolute atomic E-state index is 12.1. The summed E-state index contributed by atoms with van der Waals surface area (Å²) >= 11 is 0. The zero-order valence-electron chi connectivity index (χ0n) is 14.6. The summed E-state index contributed by atoms with van der Waals surface area (Å²) in [6, 6.07) is 15.4. The first-order valence-electron chi connectivity index (χ1n) is 8.30. The largest absolute Gasteiger partial charge is 0.497 e. The molecule has 0 bridgehead atoms. The van der Waals surface area contributed by atoms with E-state index in [9.17, 15) is 4.79 Å². The van der Waals surface area contributed by atoms with Gasteiger partial charge in [-0.1, -0.05) is 24.3 Å². The lowest BCUT2D eigenvalue weighted by Crippen LogP contribution is -2.46. The Labute approximate surface area is 147 Å². The predicted molar refractivity (Wildman–Crippen MR) is 95.1 cm³/mol. The van der Waals surface area contributed by atoms with Gasteiger partial charge in [-0.05, 0) is 35.4 Å². The molecule has 0 spiro atoms. The van der Waals surface area contributed by atoms with Crippen LogP contribution in [0.1, 0.15) is 11.1 Å². The highest BCUT2D eigenvalue weighted by Gasteiger charge is 2.37. The zero-order chi connectivity index (χ0) is 17.7. The topological polar surface area (TPSA) is 56.8 Å². The van der Waals surface area contributed by atoms with Crippen LogP contribution in [0, 0.1) is 0 Å². The highest BCUT2D eigenvalue weighted by atomic mass is 16.5. The Bertz CT molecular complexity index is 702. The monoisotopic (exact) mass is 341 g/mol. The van der Waals surface area contributed by atoms with Gasteiger partial charge < -0.3 is 19.5 Å². The van der Waals surface area contributed by atoms with E-state index in [0.29, 0.717) is 12.3 Å². The van der Waals surface area contributed by atoms with Gasteiger partial charge in [0.05, 0.1) is 12.7 Å². The number of benzene rings is 2. The fourth-order valence-corrected chi connectivity index (χ4v) is 3.13. The van der Waals surface area contributed by atoms with E-state index in [1.165, 1.54) is 11.1 Å². The number of fused-ring (bicyclic) bond motifs is 1. The Kier molecular flexibility index (Phi) is 5.24. The van der Waals surface area contributed by atoms with Crippen molar-refractivity contribution in [2.75, 3.05) is 27.4 Å². The number of hydrogen-bond acceptors (Lipinski definition) is 4. The standard InChI is InChI=1S/C20H23NO4/c1-23-17-7-9-18(10-8-17)25-13-19(22)21-14-20(24-2)11-15-5-3-4-6-16(15)12-20/h3-10H,11-14H2,1-2H3,(H,21,22). The first-order valence-corrected chi connectivity index (χ1v) is 8.30. The molecule has 0 fully saturated rings. The number of carbonyl (C=O) groups is 1. The van der Waals surface area contributed by atoms with Crippen molar-refractivity contribution >= 4 is 5.91 Å². The van der Waals surface area contributed by atoms with Gasteiger partial charge in [0, 0.05) is 26.5 Å². The molecule has 3 rings (SSSR count). The zero-order valence-corrected chi connectivity index (χ0v) is 14.6. The van der Waals surface area contributed by atoms with E-state index in [1.54, 1.807) is 38.5 Å². The fourth-order valence-electron chi connectivity index (χ4n) is 3.13. The predicted octanol–water partition coefficient (Wildman–Crippen LogP) is 2.37. The molecule has 1 aliphatic rings. The van der Waals surface area contributed by atoms with Crippen LogP contribution in [-0.4, -0.2) is 38.9 Å². The molecule has 2 aromatic carbocycles. The average Bonchev–Trinajstić information content (AvgIpc) is 3.04. The Morgan fingerprint density at radius 3 is 2.16 bits per heavy atom. The van der Waals surface area contributed by atoms with Crippen molar-refractivity contribution in [1.82, 2.24) is 5.32 Å². The Morgan fingerprint density at radius 2 is 1.60 bits per heavy atom. The van der Waals surface area contributed by atoms with Crippen LogP contribution in [0.25, 0.3) is 0 Å². The molecule has 0 saturated heterocycles. The van der Waals surface area contributed by atoms with Crippen molar-refractivity contribution in [3.8, 4) is 11.5 Å². The summed E-state index contributed by atoms with van der Waals surface area (Å²) in [6.07, 6.45) is 1.61. The van der Waals surface area contributed by atoms with Crippen LogP contribution in [0.3, 0.4) is 0 Å². The third-order valence-corrected chi connectivity index (χ3v) is 4.61. The van der Waals surface area contributed by atoms with Crippen molar-refractivity contribution in [2.24, 2.45) is 0 Å². The number of amides is 1. The van der Waals surface area contributed by atoms with Gasteiger partial charge in [-0.15, -0.1) is 0 Å². The third kappa shape index (κ3) is 4.12.